The van der Waals surface area contributed by atoms with Crippen LogP contribution in [0.4, 0.5) is 0 Å². The summed E-state index contributed by atoms with van der Waals surface area (Å²) < 4.78 is 22.5. The average Bonchev–Trinajstić information content (AvgIpc) is 2.63. The van der Waals surface area contributed by atoms with Crippen molar-refractivity contribution < 1.29 is 13.6 Å². The Balaban J connectivity index is 2.24. The Hall–Kier alpha value is -0.820. The molecule has 1 saturated heterocycles. The lowest BCUT2D eigenvalue weighted by Crippen LogP contribution is -2.35. The highest BCUT2D eigenvalue weighted by Gasteiger charge is 2.28. The zero-order chi connectivity index (χ0) is 13.8. The van der Waals surface area contributed by atoms with Crippen molar-refractivity contribution in [2.45, 2.75) is 26.7 Å². The van der Waals surface area contributed by atoms with Crippen molar-refractivity contribution in [3.63, 3.8) is 0 Å². The van der Waals surface area contributed by atoms with Gasteiger partial charge in [-0.3, -0.25) is 0 Å². The van der Waals surface area contributed by atoms with E-state index in [1.165, 1.54) is 0 Å². The minimum atomic E-state index is -2.79. The van der Waals surface area contributed by atoms with Gasteiger partial charge >= 0.3 is 0 Å². The van der Waals surface area contributed by atoms with E-state index >= 15 is 0 Å². The molecule has 1 aliphatic rings. The van der Waals surface area contributed by atoms with E-state index in [0.717, 1.165) is 19.4 Å². The summed E-state index contributed by atoms with van der Waals surface area (Å²) >= 11 is 0. The van der Waals surface area contributed by atoms with Crippen LogP contribution in [0.1, 0.15) is 26.7 Å². The molecule has 1 heterocycles. The number of nitrogens with one attached hydrogen (secondary N) is 1. The standard InChI is InChI=1S/C11H23N3O3S/c1-11(2,10(12)14-15)4-5-13-7-9-3-6-18(16,17)8-9/h9,13,15H,3-8H2,1-2H3,(H2,12,14). The molecule has 18 heavy (non-hydrogen) atoms. The van der Waals surface area contributed by atoms with Crippen molar-refractivity contribution in [1.82, 2.24) is 5.32 Å². The maximum atomic E-state index is 11.3. The summed E-state index contributed by atoms with van der Waals surface area (Å²) in [5.74, 6) is 1.05. The summed E-state index contributed by atoms with van der Waals surface area (Å²) in [5, 5.41) is 14.9. The van der Waals surface area contributed by atoms with E-state index in [2.05, 4.69) is 10.5 Å². The second-order valence-corrected chi connectivity index (χ2v) is 7.82. The number of hydrogen-bond acceptors (Lipinski definition) is 5. The van der Waals surface area contributed by atoms with Gasteiger partial charge in [0.15, 0.2) is 9.84 Å². The van der Waals surface area contributed by atoms with Crippen LogP contribution in [0, 0.1) is 11.3 Å². The Bertz CT molecular complexity index is 404. The minimum absolute atomic E-state index is 0.216. The van der Waals surface area contributed by atoms with Crippen molar-refractivity contribution in [3.05, 3.63) is 0 Å². The van der Waals surface area contributed by atoms with E-state index in [9.17, 15) is 8.42 Å². The Morgan fingerprint density at radius 3 is 2.72 bits per heavy atom. The Morgan fingerprint density at radius 1 is 1.56 bits per heavy atom. The number of oxime groups is 1. The molecule has 0 aromatic carbocycles. The third-order valence-corrected chi connectivity index (χ3v) is 5.32. The van der Waals surface area contributed by atoms with Crippen LogP contribution in [0.3, 0.4) is 0 Å². The van der Waals surface area contributed by atoms with E-state index in [1.54, 1.807) is 0 Å². The molecule has 0 spiro atoms. The van der Waals surface area contributed by atoms with E-state index in [0.29, 0.717) is 18.1 Å². The van der Waals surface area contributed by atoms with Gasteiger partial charge in [0.05, 0.1) is 11.5 Å². The lowest BCUT2D eigenvalue weighted by atomic mass is 9.88. The first-order valence-corrected chi connectivity index (χ1v) is 7.98. The van der Waals surface area contributed by atoms with E-state index in [4.69, 9.17) is 10.9 Å². The van der Waals surface area contributed by atoms with Crippen molar-refractivity contribution in [1.29, 1.82) is 0 Å². The molecule has 0 bridgehead atoms. The van der Waals surface area contributed by atoms with Crippen LogP contribution in [0.5, 0.6) is 0 Å². The molecule has 0 radical (unpaired) electrons. The van der Waals surface area contributed by atoms with Gasteiger partial charge in [0.1, 0.15) is 5.84 Å². The molecule has 0 aromatic heterocycles. The molecule has 1 fully saturated rings. The zero-order valence-corrected chi connectivity index (χ0v) is 11.8. The number of nitrogens with zero attached hydrogens (tertiary/aromatic N) is 1. The van der Waals surface area contributed by atoms with Crippen molar-refractivity contribution >= 4 is 15.7 Å². The summed E-state index contributed by atoms with van der Waals surface area (Å²) in [5.41, 5.74) is 5.23. The normalized spacial score (nSPS) is 24.3. The predicted molar refractivity (Wildman–Crippen MR) is 71.4 cm³/mol. The van der Waals surface area contributed by atoms with Crippen LogP contribution < -0.4 is 11.1 Å². The maximum absolute atomic E-state index is 11.3. The lowest BCUT2D eigenvalue weighted by molar-refractivity contribution is 0.304. The Morgan fingerprint density at radius 2 is 2.22 bits per heavy atom. The Kier molecular flexibility index (Phi) is 4.98. The molecule has 0 aliphatic carbocycles. The van der Waals surface area contributed by atoms with Gasteiger partial charge in [-0.15, -0.1) is 0 Å². The number of hydrogen-bond donors (Lipinski definition) is 3. The molecule has 6 nitrogen and oxygen atoms in total. The van der Waals surface area contributed by atoms with Gasteiger partial charge in [-0.25, -0.2) is 8.42 Å². The summed E-state index contributed by atoms with van der Waals surface area (Å²) in [4.78, 5) is 0. The quantitative estimate of drug-likeness (QED) is 0.211. The molecule has 7 heteroatoms. The van der Waals surface area contributed by atoms with Gasteiger partial charge in [-0.1, -0.05) is 19.0 Å². The molecule has 1 rings (SSSR count). The van der Waals surface area contributed by atoms with Crippen LogP contribution in [-0.4, -0.2) is 44.1 Å². The van der Waals surface area contributed by atoms with Crippen LogP contribution in [0.2, 0.25) is 0 Å². The largest absolute Gasteiger partial charge is 0.409 e. The van der Waals surface area contributed by atoms with Gasteiger partial charge in [-0.05, 0) is 31.8 Å². The van der Waals surface area contributed by atoms with Crippen molar-refractivity contribution in [3.8, 4) is 0 Å². The summed E-state index contributed by atoms with van der Waals surface area (Å²) in [7, 11) is -2.79. The molecule has 106 valence electrons. The second kappa shape index (κ2) is 5.88. The molecular weight excluding hydrogens is 254 g/mol. The van der Waals surface area contributed by atoms with Gasteiger partial charge in [0.2, 0.25) is 0 Å². The molecule has 1 unspecified atom stereocenters. The van der Waals surface area contributed by atoms with E-state index in [1.807, 2.05) is 13.8 Å². The highest BCUT2D eigenvalue weighted by Crippen LogP contribution is 2.20. The molecule has 0 saturated carbocycles. The van der Waals surface area contributed by atoms with E-state index in [-0.39, 0.29) is 17.2 Å². The molecule has 1 aliphatic heterocycles. The summed E-state index contributed by atoms with van der Waals surface area (Å²) in [6.07, 6.45) is 1.49. The highest BCUT2D eigenvalue weighted by molar-refractivity contribution is 7.91. The van der Waals surface area contributed by atoms with Crippen LogP contribution in [0.25, 0.3) is 0 Å². The van der Waals surface area contributed by atoms with E-state index < -0.39 is 9.84 Å². The fourth-order valence-corrected chi connectivity index (χ4v) is 3.87. The molecule has 0 aromatic rings. The first-order chi connectivity index (χ1) is 8.27. The molecular formula is C11H23N3O3S. The number of amidine groups is 1. The smallest absolute Gasteiger partial charge is 0.150 e. The van der Waals surface area contributed by atoms with Crippen molar-refractivity contribution in [2.75, 3.05) is 24.6 Å². The Labute approximate surface area is 109 Å². The maximum Gasteiger partial charge on any atom is 0.150 e. The average molecular weight is 277 g/mol. The van der Waals surface area contributed by atoms with Gasteiger partial charge in [0.25, 0.3) is 0 Å². The minimum Gasteiger partial charge on any atom is -0.409 e. The van der Waals surface area contributed by atoms with Crippen LogP contribution in [-0.2, 0) is 9.84 Å². The van der Waals surface area contributed by atoms with Gasteiger partial charge in [0, 0.05) is 5.41 Å². The fourth-order valence-electron chi connectivity index (χ4n) is 2.00. The SMILES string of the molecule is CC(C)(CCNCC1CCS(=O)(=O)C1)C(N)=NO. The van der Waals surface area contributed by atoms with Crippen LogP contribution in [0.15, 0.2) is 5.16 Å². The van der Waals surface area contributed by atoms with Crippen molar-refractivity contribution in [2.24, 2.45) is 22.2 Å². The summed E-state index contributed by atoms with van der Waals surface area (Å²) in [6, 6.07) is 0. The topological polar surface area (TPSA) is 105 Å². The fraction of sp³-hybridized carbons (Fsp3) is 0.909. The monoisotopic (exact) mass is 277 g/mol. The molecule has 0 amide bonds. The third-order valence-electron chi connectivity index (χ3n) is 3.49. The number of nitrogens with two attached hydrogens (primary N) is 1. The van der Waals surface area contributed by atoms with Gasteiger partial charge < -0.3 is 16.3 Å². The third kappa shape index (κ3) is 4.45. The predicted octanol–water partition coefficient (Wildman–Crippen LogP) is 0.173. The summed E-state index contributed by atoms with van der Waals surface area (Å²) in [6.45, 7) is 5.25. The first kappa shape index (κ1) is 15.2. The molecule has 1 atom stereocenters. The van der Waals surface area contributed by atoms with Gasteiger partial charge in [-0.2, -0.15) is 0 Å². The highest BCUT2D eigenvalue weighted by atomic mass is 32.2. The number of rotatable bonds is 6. The molecule has 4 N–H and O–H groups in total. The lowest BCUT2D eigenvalue weighted by Gasteiger charge is -2.23. The first-order valence-electron chi connectivity index (χ1n) is 6.16. The second-order valence-electron chi connectivity index (χ2n) is 5.59. The zero-order valence-electron chi connectivity index (χ0n) is 11.0. The number of sulfone groups is 1. The van der Waals surface area contributed by atoms with Crippen LogP contribution >= 0.6 is 0 Å².